The second kappa shape index (κ2) is 5.85. The van der Waals surface area contributed by atoms with Crippen LogP contribution in [-0.2, 0) is 4.79 Å². The third-order valence-corrected chi connectivity index (χ3v) is 4.53. The minimum absolute atomic E-state index is 0.232. The highest BCUT2D eigenvalue weighted by Gasteiger charge is 2.27. The number of hydrogen-bond donors (Lipinski definition) is 1. The Labute approximate surface area is 105 Å². The Morgan fingerprint density at radius 1 is 1.18 bits per heavy atom. The molecule has 3 nitrogen and oxygen atoms in total. The molecule has 2 fully saturated rings. The lowest BCUT2D eigenvalue weighted by Crippen LogP contribution is -2.46. The first-order valence-corrected chi connectivity index (χ1v) is 7.20. The van der Waals surface area contributed by atoms with Crippen molar-refractivity contribution in [3.05, 3.63) is 0 Å². The zero-order valence-electron chi connectivity index (χ0n) is 11.2. The summed E-state index contributed by atoms with van der Waals surface area (Å²) in [5.41, 5.74) is 0. The number of rotatable bonds is 3. The van der Waals surface area contributed by atoms with Crippen molar-refractivity contribution in [2.24, 2.45) is 5.92 Å². The fraction of sp³-hybridized carbons (Fsp3) is 0.929. The van der Waals surface area contributed by atoms with Gasteiger partial charge in [-0.25, -0.2) is 0 Å². The average Bonchev–Trinajstić information content (AvgIpc) is 2.77. The third kappa shape index (κ3) is 3.44. The number of hydrogen-bond acceptors (Lipinski definition) is 2. The highest BCUT2D eigenvalue weighted by molar-refractivity contribution is 5.73. The highest BCUT2D eigenvalue weighted by Crippen LogP contribution is 2.28. The molecule has 1 aliphatic carbocycles. The normalized spacial score (nSPS) is 30.8. The molecule has 2 unspecified atom stereocenters. The largest absolute Gasteiger partial charge is 0.343 e. The minimum atomic E-state index is 0.232. The SMILES string of the molecule is CCC1CCC(NC2CCN(C(C)=O)CC2)C1. The van der Waals surface area contributed by atoms with Crippen molar-refractivity contribution in [2.75, 3.05) is 13.1 Å². The molecule has 3 heteroatoms. The summed E-state index contributed by atoms with van der Waals surface area (Å²) in [6.07, 6.45) is 7.72. The van der Waals surface area contributed by atoms with Crippen LogP contribution in [0.15, 0.2) is 0 Å². The van der Waals surface area contributed by atoms with Gasteiger partial charge in [0.1, 0.15) is 0 Å². The second-order valence-corrected chi connectivity index (χ2v) is 5.73. The van der Waals surface area contributed by atoms with E-state index in [9.17, 15) is 4.79 Å². The number of nitrogens with zero attached hydrogens (tertiary/aromatic N) is 1. The van der Waals surface area contributed by atoms with Crippen molar-refractivity contribution >= 4 is 5.91 Å². The maximum atomic E-state index is 11.2. The molecule has 1 saturated heterocycles. The van der Waals surface area contributed by atoms with Gasteiger partial charge in [-0.2, -0.15) is 0 Å². The molecule has 0 bridgehead atoms. The summed E-state index contributed by atoms with van der Waals surface area (Å²) >= 11 is 0. The zero-order valence-corrected chi connectivity index (χ0v) is 11.2. The van der Waals surface area contributed by atoms with E-state index >= 15 is 0 Å². The van der Waals surface area contributed by atoms with Gasteiger partial charge in [0.05, 0.1) is 0 Å². The van der Waals surface area contributed by atoms with E-state index in [4.69, 9.17) is 0 Å². The van der Waals surface area contributed by atoms with Gasteiger partial charge in [-0.3, -0.25) is 4.79 Å². The Kier molecular flexibility index (Phi) is 4.43. The lowest BCUT2D eigenvalue weighted by atomic mass is 10.0. The third-order valence-electron chi connectivity index (χ3n) is 4.53. The molecule has 0 aromatic rings. The van der Waals surface area contributed by atoms with Gasteiger partial charge in [0.2, 0.25) is 5.91 Å². The predicted octanol–water partition coefficient (Wildman–Crippen LogP) is 2.17. The van der Waals surface area contributed by atoms with Gasteiger partial charge in [-0.05, 0) is 38.0 Å². The van der Waals surface area contributed by atoms with Gasteiger partial charge in [0, 0.05) is 32.1 Å². The van der Waals surface area contributed by atoms with Crippen molar-refractivity contribution in [3.63, 3.8) is 0 Å². The molecule has 2 rings (SSSR count). The quantitative estimate of drug-likeness (QED) is 0.817. The van der Waals surface area contributed by atoms with E-state index < -0.39 is 0 Å². The molecule has 1 aliphatic heterocycles. The molecular formula is C14H26N2O. The molecule has 2 aliphatic rings. The van der Waals surface area contributed by atoms with Crippen molar-refractivity contribution in [1.29, 1.82) is 0 Å². The Morgan fingerprint density at radius 3 is 2.41 bits per heavy atom. The van der Waals surface area contributed by atoms with Crippen LogP contribution in [0.4, 0.5) is 0 Å². The molecule has 0 radical (unpaired) electrons. The minimum Gasteiger partial charge on any atom is -0.343 e. The van der Waals surface area contributed by atoms with Crippen LogP contribution in [-0.4, -0.2) is 36.0 Å². The second-order valence-electron chi connectivity index (χ2n) is 5.73. The molecule has 1 heterocycles. The summed E-state index contributed by atoms with van der Waals surface area (Å²) in [5.74, 6) is 1.18. The number of nitrogens with one attached hydrogen (secondary N) is 1. The summed E-state index contributed by atoms with van der Waals surface area (Å²) in [6, 6.07) is 1.39. The summed E-state index contributed by atoms with van der Waals surface area (Å²) in [6.45, 7) is 5.86. The smallest absolute Gasteiger partial charge is 0.219 e. The average molecular weight is 238 g/mol. The van der Waals surface area contributed by atoms with Crippen LogP contribution in [0, 0.1) is 5.92 Å². The van der Waals surface area contributed by atoms with E-state index in [1.165, 1.54) is 25.7 Å². The molecule has 98 valence electrons. The molecule has 0 aromatic carbocycles. The number of piperidine rings is 1. The topological polar surface area (TPSA) is 32.3 Å². The van der Waals surface area contributed by atoms with Crippen LogP contribution in [0.3, 0.4) is 0 Å². The van der Waals surface area contributed by atoms with E-state index in [0.29, 0.717) is 6.04 Å². The van der Waals surface area contributed by atoms with Crippen molar-refractivity contribution in [3.8, 4) is 0 Å². The summed E-state index contributed by atoms with van der Waals surface area (Å²) < 4.78 is 0. The predicted molar refractivity (Wildman–Crippen MR) is 69.8 cm³/mol. The van der Waals surface area contributed by atoms with Gasteiger partial charge in [0.15, 0.2) is 0 Å². The van der Waals surface area contributed by atoms with Gasteiger partial charge in [-0.15, -0.1) is 0 Å². The Balaban J connectivity index is 1.70. The van der Waals surface area contributed by atoms with Crippen LogP contribution in [0.25, 0.3) is 0 Å². The summed E-state index contributed by atoms with van der Waals surface area (Å²) in [4.78, 5) is 13.2. The highest BCUT2D eigenvalue weighted by atomic mass is 16.2. The molecule has 1 amide bonds. The zero-order chi connectivity index (χ0) is 12.3. The van der Waals surface area contributed by atoms with Crippen LogP contribution in [0.5, 0.6) is 0 Å². The molecule has 0 aromatic heterocycles. The van der Waals surface area contributed by atoms with Crippen molar-refractivity contribution in [1.82, 2.24) is 10.2 Å². The van der Waals surface area contributed by atoms with Crippen LogP contribution >= 0.6 is 0 Å². The molecule has 1 saturated carbocycles. The summed E-state index contributed by atoms with van der Waals surface area (Å²) in [7, 11) is 0. The first kappa shape index (κ1) is 12.9. The van der Waals surface area contributed by atoms with Gasteiger partial charge in [0.25, 0.3) is 0 Å². The molecule has 1 N–H and O–H groups in total. The number of carbonyl (C=O) groups is 1. The molecular weight excluding hydrogens is 212 g/mol. The van der Waals surface area contributed by atoms with E-state index in [-0.39, 0.29) is 5.91 Å². The van der Waals surface area contributed by atoms with Gasteiger partial charge in [-0.1, -0.05) is 13.3 Å². The Morgan fingerprint density at radius 2 is 1.88 bits per heavy atom. The van der Waals surface area contributed by atoms with Gasteiger partial charge < -0.3 is 10.2 Å². The van der Waals surface area contributed by atoms with E-state index in [2.05, 4.69) is 12.2 Å². The van der Waals surface area contributed by atoms with Crippen LogP contribution in [0.1, 0.15) is 52.4 Å². The van der Waals surface area contributed by atoms with Crippen molar-refractivity contribution < 1.29 is 4.79 Å². The number of amides is 1. The van der Waals surface area contributed by atoms with Gasteiger partial charge >= 0.3 is 0 Å². The molecule has 2 atom stereocenters. The van der Waals surface area contributed by atoms with Crippen LogP contribution in [0.2, 0.25) is 0 Å². The van der Waals surface area contributed by atoms with Crippen molar-refractivity contribution in [2.45, 2.75) is 64.5 Å². The monoisotopic (exact) mass is 238 g/mol. The number of likely N-dealkylation sites (tertiary alicyclic amines) is 1. The first-order chi connectivity index (χ1) is 8.19. The standard InChI is InChI=1S/C14H26N2O/c1-3-12-4-5-14(10-12)15-13-6-8-16(9-7-13)11(2)17/h12-15H,3-10H2,1-2H3. The Bertz CT molecular complexity index is 259. The lowest BCUT2D eigenvalue weighted by Gasteiger charge is -2.33. The van der Waals surface area contributed by atoms with E-state index in [1.807, 2.05) is 4.90 Å². The maximum absolute atomic E-state index is 11.2. The molecule has 0 spiro atoms. The molecule has 17 heavy (non-hydrogen) atoms. The number of carbonyl (C=O) groups excluding carboxylic acids is 1. The Hall–Kier alpha value is -0.570. The fourth-order valence-corrected chi connectivity index (χ4v) is 3.29. The summed E-state index contributed by atoms with van der Waals surface area (Å²) in [5, 5.41) is 3.80. The lowest BCUT2D eigenvalue weighted by molar-refractivity contribution is -0.129. The fourth-order valence-electron chi connectivity index (χ4n) is 3.29. The van der Waals surface area contributed by atoms with E-state index in [0.717, 1.165) is 37.9 Å². The van der Waals surface area contributed by atoms with Crippen LogP contribution < -0.4 is 5.32 Å². The first-order valence-electron chi connectivity index (χ1n) is 7.20. The maximum Gasteiger partial charge on any atom is 0.219 e. The van der Waals surface area contributed by atoms with E-state index in [1.54, 1.807) is 6.92 Å².